The molecule has 2 heterocycles. The fraction of sp³-hybridized carbons (Fsp3) is 0.486. The summed E-state index contributed by atoms with van der Waals surface area (Å²) < 4.78 is 29.0. The first-order valence-electron chi connectivity index (χ1n) is 17.0. The molecule has 0 saturated carbocycles. The van der Waals surface area contributed by atoms with Gasteiger partial charge < -0.3 is 25.4 Å². The summed E-state index contributed by atoms with van der Waals surface area (Å²) in [5.41, 5.74) is 2.06. The summed E-state index contributed by atoms with van der Waals surface area (Å²) in [5.74, 6) is 5.12. The van der Waals surface area contributed by atoms with E-state index >= 15 is 0 Å². The Hall–Kier alpha value is -4.09. The van der Waals surface area contributed by atoms with E-state index in [-0.39, 0.29) is 48.8 Å². The van der Waals surface area contributed by atoms with E-state index in [1.54, 1.807) is 16.8 Å². The van der Waals surface area contributed by atoms with Crippen molar-refractivity contribution in [2.75, 3.05) is 38.2 Å². The van der Waals surface area contributed by atoms with Gasteiger partial charge in [-0.25, -0.2) is 24.0 Å². The van der Waals surface area contributed by atoms with Gasteiger partial charge in [0.25, 0.3) is 0 Å². The molecule has 4 rings (SSSR count). The lowest BCUT2D eigenvalue weighted by Crippen LogP contribution is -2.57. The average molecular weight is 743 g/mol. The molecule has 2 aromatic carbocycles. The van der Waals surface area contributed by atoms with Crippen molar-refractivity contribution in [2.24, 2.45) is 22.8 Å². The second kappa shape index (κ2) is 17.9. The molecule has 0 bridgehead atoms. The number of aromatic nitrogens is 1. The number of rotatable bonds is 18. The highest BCUT2D eigenvalue weighted by molar-refractivity contribution is 7.89. The Bertz CT molecular complexity index is 1720. The number of aliphatic hydroxyl groups is 1. The van der Waals surface area contributed by atoms with Crippen molar-refractivity contribution in [1.29, 1.82) is 0 Å². The summed E-state index contributed by atoms with van der Waals surface area (Å²) in [6.07, 6.45) is 0.745. The van der Waals surface area contributed by atoms with Gasteiger partial charge in [-0.1, -0.05) is 81.7 Å². The standard InChI is InChI=1S/C35H50N8O6S2/c1-6-25(4)32(43-17-16-41(35(43)46)21-28-23-50-34(38-28)40(5)36)33(45)39-30(18-26-10-8-7-9-11-26)31(44)22-42(20-24(2)3)51(48,49)29-14-12-27(13-15-29)19-37-47/h7-15,19,23-25,30-32,44,47H,6,16-18,20-22,36H2,1-5H3,(H,39,45)/t25-,30-,31+,32-/m0/s1. The second-order valence-electron chi connectivity index (χ2n) is 13.4. The van der Waals surface area contributed by atoms with Crippen LogP contribution in [0.4, 0.5) is 9.93 Å². The molecule has 14 nitrogen and oxygen atoms in total. The number of hydrogen-bond donors (Lipinski definition) is 4. The molecule has 5 N–H and O–H groups in total. The first-order chi connectivity index (χ1) is 24.2. The first-order valence-corrected chi connectivity index (χ1v) is 19.3. The summed E-state index contributed by atoms with van der Waals surface area (Å²) in [4.78, 5) is 35.8. The summed E-state index contributed by atoms with van der Waals surface area (Å²) >= 11 is 1.38. The third kappa shape index (κ3) is 10.3. The highest BCUT2D eigenvalue weighted by atomic mass is 32.2. The van der Waals surface area contributed by atoms with Crippen molar-refractivity contribution < 1.29 is 28.3 Å². The van der Waals surface area contributed by atoms with Crippen LogP contribution in [-0.4, -0.2) is 107 Å². The minimum absolute atomic E-state index is 0.0203. The van der Waals surface area contributed by atoms with E-state index in [2.05, 4.69) is 15.5 Å². The number of urea groups is 1. The molecule has 0 spiro atoms. The van der Waals surface area contributed by atoms with Gasteiger partial charge in [0.05, 0.1) is 35.5 Å². The lowest BCUT2D eigenvalue weighted by Gasteiger charge is -2.35. The predicted octanol–water partition coefficient (Wildman–Crippen LogP) is 3.35. The number of nitrogens with zero attached hydrogens (tertiary/aromatic N) is 6. The van der Waals surface area contributed by atoms with Crippen molar-refractivity contribution in [3.8, 4) is 0 Å². The lowest BCUT2D eigenvalue weighted by atomic mass is 9.95. The molecule has 278 valence electrons. The largest absolute Gasteiger partial charge is 0.411 e. The Kier molecular flexibility index (Phi) is 13.9. The molecule has 0 aliphatic carbocycles. The molecule has 4 atom stereocenters. The average Bonchev–Trinajstić information content (AvgIpc) is 3.71. The number of oxime groups is 1. The molecule has 3 amide bonds. The Morgan fingerprint density at radius 2 is 1.80 bits per heavy atom. The SMILES string of the molecule is CC[C@H](C)[C@@H](C(=O)N[C@@H](Cc1ccccc1)[C@H](O)CN(CC(C)C)S(=O)(=O)c1ccc(C=NO)cc1)N1CCN(Cc2csc(N(C)N)n2)C1=O. The van der Waals surface area contributed by atoms with Gasteiger partial charge in [-0.05, 0) is 41.5 Å². The van der Waals surface area contributed by atoms with Gasteiger partial charge in [0, 0.05) is 38.6 Å². The number of hydrazine groups is 1. The Morgan fingerprint density at radius 1 is 1.12 bits per heavy atom. The van der Waals surface area contributed by atoms with Crippen LogP contribution in [0.2, 0.25) is 0 Å². The van der Waals surface area contributed by atoms with Gasteiger partial charge in [0.15, 0.2) is 5.13 Å². The Morgan fingerprint density at radius 3 is 2.39 bits per heavy atom. The van der Waals surface area contributed by atoms with Crippen LogP contribution in [0.25, 0.3) is 0 Å². The van der Waals surface area contributed by atoms with Gasteiger partial charge in [0.1, 0.15) is 6.04 Å². The van der Waals surface area contributed by atoms with Crippen LogP contribution in [0.5, 0.6) is 0 Å². The Balaban J connectivity index is 1.58. The minimum atomic E-state index is -4.07. The van der Waals surface area contributed by atoms with Crippen LogP contribution in [0.15, 0.2) is 70.0 Å². The maximum Gasteiger partial charge on any atom is 0.321 e. The van der Waals surface area contributed by atoms with Crippen molar-refractivity contribution in [3.05, 3.63) is 76.8 Å². The van der Waals surface area contributed by atoms with E-state index in [4.69, 9.17) is 11.0 Å². The number of hydrogen-bond acceptors (Lipinski definition) is 11. The van der Waals surface area contributed by atoms with E-state index in [0.717, 1.165) is 5.56 Å². The van der Waals surface area contributed by atoms with E-state index in [1.807, 2.05) is 63.4 Å². The topological polar surface area (TPSA) is 185 Å². The summed E-state index contributed by atoms with van der Waals surface area (Å²) in [6, 6.07) is 13.3. The number of benzene rings is 2. The van der Waals surface area contributed by atoms with Gasteiger partial charge in [-0.3, -0.25) is 9.80 Å². The van der Waals surface area contributed by atoms with E-state index in [1.165, 1.54) is 51.1 Å². The molecule has 1 fully saturated rings. The number of nitrogens with two attached hydrogens (primary N) is 1. The van der Waals surface area contributed by atoms with Crippen molar-refractivity contribution in [1.82, 2.24) is 24.4 Å². The maximum absolute atomic E-state index is 14.3. The highest BCUT2D eigenvalue weighted by Gasteiger charge is 2.41. The van der Waals surface area contributed by atoms with Gasteiger partial charge in [-0.15, -0.1) is 11.3 Å². The van der Waals surface area contributed by atoms with Crippen LogP contribution >= 0.6 is 11.3 Å². The van der Waals surface area contributed by atoms with E-state index < -0.39 is 34.1 Å². The summed E-state index contributed by atoms with van der Waals surface area (Å²) in [5, 5.41) is 30.6. The minimum Gasteiger partial charge on any atom is -0.411 e. The molecule has 3 aromatic rings. The monoisotopic (exact) mass is 742 g/mol. The molecule has 0 radical (unpaired) electrons. The molecule has 51 heavy (non-hydrogen) atoms. The smallest absolute Gasteiger partial charge is 0.321 e. The van der Waals surface area contributed by atoms with Crippen molar-refractivity contribution >= 4 is 44.6 Å². The molecule has 1 aliphatic rings. The molecule has 16 heteroatoms. The molecular weight excluding hydrogens is 693 g/mol. The van der Waals surface area contributed by atoms with Crippen LogP contribution < -0.4 is 16.2 Å². The Labute approximate surface area is 304 Å². The quantitative estimate of drug-likeness (QED) is 0.0657. The van der Waals surface area contributed by atoms with Crippen molar-refractivity contribution in [2.45, 2.75) is 70.2 Å². The third-order valence-corrected chi connectivity index (χ3v) is 11.7. The van der Waals surface area contributed by atoms with Crippen molar-refractivity contribution in [3.63, 3.8) is 0 Å². The molecule has 1 saturated heterocycles. The predicted molar refractivity (Wildman–Crippen MR) is 198 cm³/mol. The van der Waals surface area contributed by atoms with E-state index in [9.17, 15) is 23.1 Å². The van der Waals surface area contributed by atoms with E-state index in [0.29, 0.717) is 35.9 Å². The lowest BCUT2D eigenvalue weighted by molar-refractivity contribution is -0.128. The molecule has 1 aromatic heterocycles. The zero-order chi connectivity index (χ0) is 37.3. The number of nitrogens with one attached hydrogen (secondary N) is 1. The zero-order valence-corrected chi connectivity index (χ0v) is 31.4. The summed E-state index contributed by atoms with van der Waals surface area (Å²) in [7, 11) is -2.37. The molecule has 0 unspecified atom stereocenters. The number of sulfonamides is 1. The number of amides is 3. The summed E-state index contributed by atoms with van der Waals surface area (Å²) in [6.45, 7) is 8.52. The maximum atomic E-state index is 14.3. The van der Waals surface area contributed by atoms with Crippen LogP contribution in [0, 0.1) is 11.8 Å². The third-order valence-electron chi connectivity index (χ3n) is 8.88. The van der Waals surface area contributed by atoms with Crippen LogP contribution in [0.1, 0.15) is 50.9 Å². The fourth-order valence-electron chi connectivity index (χ4n) is 6.04. The van der Waals surface area contributed by atoms with Gasteiger partial charge in [-0.2, -0.15) is 4.31 Å². The highest BCUT2D eigenvalue weighted by Crippen LogP contribution is 2.25. The number of thiazole rings is 1. The van der Waals surface area contributed by atoms with Gasteiger partial charge in [0.2, 0.25) is 15.9 Å². The van der Waals surface area contributed by atoms with Crippen LogP contribution in [-0.2, 0) is 27.8 Å². The number of anilines is 1. The van der Waals surface area contributed by atoms with Crippen LogP contribution in [0.3, 0.4) is 0 Å². The van der Waals surface area contributed by atoms with Gasteiger partial charge >= 0.3 is 6.03 Å². The fourth-order valence-corrected chi connectivity index (χ4v) is 8.36. The number of aliphatic hydroxyl groups excluding tert-OH is 1. The normalized spacial score (nSPS) is 16.2. The first kappa shape index (κ1) is 39.7. The second-order valence-corrected chi connectivity index (χ2v) is 16.1. The number of carbonyl (C=O) groups is 2. The molecule has 1 aliphatic heterocycles. The number of carbonyl (C=O) groups excluding carboxylic acids is 2. The zero-order valence-electron chi connectivity index (χ0n) is 29.8. The molecular formula is C35H50N8O6S2.